The zero-order chi connectivity index (χ0) is 15.3. The van der Waals surface area contributed by atoms with Crippen molar-refractivity contribution in [1.29, 1.82) is 0 Å². The van der Waals surface area contributed by atoms with Crippen LogP contribution in [0.1, 0.15) is 37.3 Å². The van der Waals surface area contributed by atoms with Gasteiger partial charge in [-0.3, -0.25) is 10.2 Å². The van der Waals surface area contributed by atoms with Crippen molar-refractivity contribution in [3.8, 4) is 0 Å². The molecule has 20 heavy (non-hydrogen) atoms. The minimum absolute atomic E-state index is 0.527. The Labute approximate surface area is 123 Å². The number of benzene rings is 1. The van der Waals surface area contributed by atoms with E-state index in [1.807, 2.05) is 19.1 Å². The van der Waals surface area contributed by atoms with Gasteiger partial charge in [-0.2, -0.15) is 0 Å². The van der Waals surface area contributed by atoms with E-state index in [9.17, 15) is 9.59 Å². The van der Waals surface area contributed by atoms with Crippen molar-refractivity contribution in [2.75, 3.05) is 0 Å². The van der Waals surface area contributed by atoms with E-state index in [-0.39, 0.29) is 0 Å². The molecule has 0 spiro atoms. The molecule has 0 aromatic heterocycles. The summed E-state index contributed by atoms with van der Waals surface area (Å²) in [4.78, 5) is 23.2. The molecule has 0 saturated heterocycles. The third-order valence-corrected chi connectivity index (χ3v) is 2.74. The summed E-state index contributed by atoms with van der Waals surface area (Å²) in [5, 5.41) is -0.884. The fourth-order valence-electron chi connectivity index (χ4n) is 1.37. The molecule has 1 aromatic carbocycles. The van der Waals surface area contributed by atoms with E-state index in [2.05, 4.69) is 10.9 Å². The van der Waals surface area contributed by atoms with Gasteiger partial charge in [0, 0.05) is 0 Å². The molecule has 110 valence electrons. The second kappa shape index (κ2) is 6.61. The summed E-state index contributed by atoms with van der Waals surface area (Å²) in [6.45, 7) is 7.12. The second-order valence-corrected chi connectivity index (χ2v) is 5.83. The van der Waals surface area contributed by atoms with Crippen LogP contribution >= 0.6 is 11.6 Å². The predicted molar refractivity (Wildman–Crippen MR) is 77.3 cm³/mol. The highest BCUT2D eigenvalue weighted by Gasteiger charge is 2.20. The van der Waals surface area contributed by atoms with Gasteiger partial charge in [0.05, 0.1) is 0 Å². The van der Waals surface area contributed by atoms with Crippen molar-refractivity contribution in [3.05, 3.63) is 35.4 Å². The van der Waals surface area contributed by atoms with Crippen molar-refractivity contribution in [2.45, 2.75) is 38.7 Å². The van der Waals surface area contributed by atoms with E-state index in [1.165, 1.54) is 0 Å². The van der Waals surface area contributed by atoms with Gasteiger partial charge in [-0.1, -0.05) is 29.8 Å². The number of ether oxygens (including phenoxy) is 1. The van der Waals surface area contributed by atoms with Gasteiger partial charge in [-0.15, -0.1) is 11.6 Å². The number of aryl methyl sites for hydroxylation is 1. The molecular formula is C14H19ClN2O3. The lowest BCUT2D eigenvalue weighted by atomic mass is 10.1. The fraction of sp³-hybridized carbons (Fsp3) is 0.429. The van der Waals surface area contributed by atoms with Crippen LogP contribution in [0.2, 0.25) is 0 Å². The maximum atomic E-state index is 11.8. The van der Waals surface area contributed by atoms with Crippen molar-refractivity contribution < 1.29 is 14.3 Å². The molecule has 1 unspecified atom stereocenters. The van der Waals surface area contributed by atoms with Gasteiger partial charge in [0.2, 0.25) is 0 Å². The van der Waals surface area contributed by atoms with Crippen LogP contribution in [-0.4, -0.2) is 17.6 Å². The van der Waals surface area contributed by atoms with E-state index in [1.54, 1.807) is 32.9 Å². The zero-order valence-corrected chi connectivity index (χ0v) is 12.7. The minimum atomic E-state index is -0.884. The molecule has 1 atom stereocenters. The first-order valence-corrected chi connectivity index (χ1v) is 6.62. The molecule has 1 aromatic rings. The Balaban J connectivity index is 2.50. The smallest absolute Gasteiger partial charge is 0.426 e. The Morgan fingerprint density at radius 3 is 2.20 bits per heavy atom. The van der Waals surface area contributed by atoms with Crippen LogP contribution in [0.5, 0.6) is 0 Å². The second-order valence-electron chi connectivity index (χ2n) is 5.39. The molecule has 0 heterocycles. The highest BCUT2D eigenvalue weighted by molar-refractivity contribution is 6.30. The van der Waals surface area contributed by atoms with Crippen molar-refractivity contribution in [3.63, 3.8) is 0 Å². The summed E-state index contributed by atoms with van der Waals surface area (Å²) in [6, 6.07) is 7.25. The summed E-state index contributed by atoms with van der Waals surface area (Å²) < 4.78 is 4.98. The van der Waals surface area contributed by atoms with E-state index < -0.39 is 23.0 Å². The molecule has 5 nitrogen and oxygen atoms in total. The first kappa shape index (κ1) is 16.3. The van der Waals surface area contributed by atoms with Gasteiger partial charge in [0.15, 0.2) is 0 Å². The Hall–Kier alpha value is -1.75. The molecule has 0 aliphatic rings. The van der Waals surface area contributed by atoms with Crippen molar-refractivity contribution in [1.82, 2.24) is 10.9 Å². The summed E-state index contributed by atoms with van der Waals surface area (Å²) in [6.07, 6.45) is -0.737. The number of hydrazine groups is 1. The normalized spacial score (nSPS) is 12.4. The molecule has 6 heteroatoms. The topological polar surface area (TPSA) is 67.4 Å². The number of carbonyl (C=O) groups excluding carboxylic acids is 2. The third-order valence-electron chi connectivity index (χ3n) is 2.29. The van der Waals surface area contributed by atoms with Gasteiger partial charge in [-0.05, 0) is 33.3 Å². The number of carbonyl (C=O) groups is 2. The molecular weight excluding hydrogens is 280 g/mol. The lowest BCUT2D eigenvalue weighted by Crippen LogP contribution is -2.45. The van der Waals surface area contributed by atoms with Crippen LogP contribution in [0.15, 0.2) is 24.3 Å². The number of hydrogen-bond donors (Lipinski definition) is 2. The van der Waals surface area contributed by atoms with E-state index >= 15 is 0 Å². The number of halogens is 1. The highest BCUT2D eigenvalue weighted by Crippen LogP contribution is 2.20. The number of amides is 2. The van der Waals surface area contributed by atoms with Crippen LogP contribution in [0.3, 0.4) is 0 Å². The molecule has 0 radical (unpaired) electrons. The SMILES string of the molecule is Cc1ccc(C(Cl)C(=O)NNC(=O)OC(C)(C)C)cc1. The first-order valence-electron chi connectivity index (χ1n) is 6.18. The Kier molecular flexibility index (Phi) is 5.39. The molecule has 0 bridgehead atoms. The van der Waals surface area contributed by atoms with Gasteiger partial charge in [0.25, 0.3) is 5.91 Å². The van der Waals surface area contributed by atoms with Crippen LogP contribution in [0, 0.1) is 6.92 Å². The van der Waals surface area contributed by atoms with E-state index in [0.717, 1.165) is 5.56 Å². The predicted octanol–water partition coefficient (Wildman–Crippen LogP) is 2.83. The average molecular weight is 299 g/mol. The monoisotopic (exact) mass is 298 g/mol. The molecule has 0 fully saturated rings. The van der Waals surface area contributed by atoms with E-state index in [4.69, 9.17) is 16.3 Å². The lowest BCUT2D eigenvalue weighted by Gasteiger charge is -2.20. The summed E-state index contributed by atoms with van der Waals surface area (Å²) in [7, 11) is 0. The molecule has 0 saturated carbocycles. The minimum Gasteiger partial charge on any atom is -0.443 e. The summed E-state index contributed by atoms with van der Waals surface area (Å²) in [5.41, 5.74) is 5.47. The van der Waals surface area contributed by atoms with Crippen molar-refractivity contribution in [2.24, 2.45) is 0 Å². The standard InChI is InChI=1S/C14H19ClN2O3/c1-9-5-7-10(8-6-9)11(15)12(18)16-17-13(19)20-14(2,3)4/h5-8,11H,1-4H3,(H,16,18)(H,17,19). The van der Waals surface area contributed by atoms with E-state index in [0.29, 0.717) is 5.56 Å². The van der Waals surface area contributed by atoms with Crippen LogP contribution in [0.25, 0.3) is 0 Å². The maximum Gasteiger partial charge on any atom is 0.426 e. The van der Waals surface area contributed by atoms with Gasteiger partial charge < -0.3 is 4.74 Å². The third kappa shape index (κ3) is 5.48. The lowest BCUT2D eigenvalue weighted by molar-refractivity contribution is -0.121. The molecule has 0 aliphatic carbocycles. The quantitative estimate of drug-likeness (QED) is 0.652. The Morgan fingerprint density at radius 2 is 1.70 bits per heavy atom. The molecule has 2 N–H and O–H groups in total. The largest absolute Gasteiger partial charge is 0.443 e. The number of nitrogens with one attached hydrogen (secondary N) is 2. The first-order chi connectivity index (χ1) is 9.19. The fourth-order valence-corrected chi connectivity index (χ4v) is 1.57. The van der Waals surface area contributed by atoms with Gasteiger partial charge in [-0.25, -0.2) is 10.2 Å². The molecule has 1 rings (SSSR count). The van der Waals surface area contributed by atoms with Gasteiger partial charge >= 0.3 is 6.09 Å². The summed E-state index contributed by atoms with van der Waals surface area (Å²) in [5.74, 6) is -0.527. The van der Waals surface area contributed by atoms with Crippen LogP contribution < -0.4 is 10.9 Å². The Morgan fingerprint density at radius 1 is 1.15 bits per heavy atom. The van der Waals surface area contributed by atoms with Crippen molar-refractivity contribution >= 4 is 23.6 Å². The average Bonchev–Trinajstić information content (AvgIpc) is 2.34. The maximum absolute atomic E-state index is 11.8. The number of alkyl halides is 1. The van der Waals surface area contributed by atoms with Gasteiger partial charge in [0.1, 0.15) is 11.0 Å². The van der Waals surface area contributed by atoms with Crippen LogP contribution in [-0.2, 0) is 9.53 Å². The molecule has 0 aliphatic heterocycles. The number of hydrogen-bond acceptors (Lipinski definition) is 3. The summed E-state index contributed by atoms with van der Waals surface area (Å²) >= 11 is 6.02. The zero-order valence-electron chi connectivity index (χ0n) is 12.0. The number of rotatable bonds is 2. The molecule has 2 amide bonds. The highest BCUT2D eigenvalue weighted by atomic mass is 35.5. The Bertz CT molecular complexity index is 480. The van der Waals surface area contributed by atoms with Crippen LogP contribution in [0.4, 0.5) is 4.79 Å².